The molecule has 0 saturated heterocycles. The van der Waals surface area contributed by atoms with Gasteiger partial charge in [-0.25, -0.2) is 14.6 Å². The van der Waals surface area contributed by atoms with E-state index < -0.39 is 0 Å². The van der Waals surface area contributed by atoms with E-state index in [1.54, 1.807) is 23.8 Å². The van der Waals surface area contributed by atoms with Crippen LogP contribution in [0, 0.1) is 43.4 Å². The molecule has 0 aliphatic carbocycles. The smallest absolute Gasteiger partial charge is 0.237 e. The number of thiophene rings is 1. The molecule has 10 rings (SSSR count). The molecule has 0 bridgehead atoms. The van der Waals surface area contributed by atoms with E-state index in [1.165, 1.54) is 27.2 Å². The number of aromatic nitrogens is 11. The van der Waals surface area contributed by atoms with Crippen LogP contribution in [0.1, 0.15) is 184 Å². The van der Waals surface area contributed by atoms with Crippen molar-refractivity contribution in [1.82, 2.24) is 54.2 Å². The number of nitrogens with zero attached hydrogens (tertiary/aromatic N) is 11. The molecule has 8 heterocycles. The van der Waals surface area contributed by atoms with Crippen LogP contribution in [0.4, 0.5) is 0 Å². The molecule has 2 unspecified atom stereocenters. The number of imidazole rings is 3. The summed E-state index contributed by atoms with van der Waals surface area (Å²) in [5, 5.41) is 19.5. The van der Waals surface area contributed by atoms with E-state index >= 15 is 0 Å². The molecule has 0 fully saturated rings. The Balaban J connectivity index is 0.000000296. The van der Waals surface area contributed by atoms with Crippen molar-refractivity contribution in [2.75, 3.05) is 0 Å². The normalized spacial score (nSPS) is 12.1. The summed E-state index contributed by atoms with van der Waals surface area (Å²) in [7, 11) is 0. The van der Waals surface area contributed by atoms with E-state index in [4.69, 9.17) is 9.15 Å². The zero-order valence-corrected chi connectivity index (χ0v) is 62.9. The molecule has 1 N–H and O–H groups in total. The Bertz CT molecular complexity index is 3590. The standard InChI is InChI=1S/C18H21N4O.C17H26N2OS.C16H17N2S.C15H22N3O.Pd.3Pt/c1-12(2)13(3)16-10-19-18(21-16)23-17-11-22(14(4)20-17)15-8-6-5-7-9-15;1-16(2,3)10-12-7-8-18-19(12)14-9-13(21-15(14)20)11-17(4,5)6;1-4-10(2)14-8-17-16-12(14)6-5-7-13(16)15-9-19-11(3)18-15;1-10(2)6-7-12-8-16-14(18-12)15(4,5)13-9-19-11(3)17-13;;;;/h5-13H,1-4H3;7-9,20H,10-11H2,1-6H3;5-10H,4H2,1-3H3;8-10H,6-7H2,1-5H3;;;;/q-1;;2*-1;;;;. The van der Waals surface area contributed by atoms with E-state index in [2.05, 4.69) is 178 Å². The van der Waals surface area contributed by atoms with Crippen molar-refractivity contribution in [2.24, 2.45) is 22.7 Å². The molecule has 0 saturated carbocycles. The number of fused-ring (bicyclic) bond motifs is 1. The third kappa shape index (κ3) is 20.9. The number of hydrogen-bond acceptors (Lipinski definition) is 11. The molecule has 0 spiro atoms. The molecular weight excluding hydrogens is 1750 g/mol. The van der Waals surface area contributed by atoms with Crippen molar-refractivity contribution in [3.05, 3.63) is 159 Å². The largest absolute Gasteiger partial charge is 0.663 e. The van der Waals surface area contributed by atoms with Crippen molar-refractivity contribution in [3.63, 3.8) is 0 Å². The Kier molecular flexibility index (Phi) is 29.6. The minimum absolute atomic E-state index is 0. The Morgan fingerprint density at radius 1 is 0.767 bits per heavy atom. The summed E-state index contributed by atoms with van der Waals surface area (Å²) in [6.07, 6.45) is 16.2. The summed E-state index contributed by atoms with van der Waals surface area (Å²) < 4.78 is 14.9. The number of para-hydroxylation sites is 2. The Morgan fingerprint density at radius 2 is 1.47 bits per heavy atom. The van der Waals surface area contributed by atoms with Crippen LogP contribution in [0.2, 0.25) is 0 Å². The van der Waals surface area contributed by atoms with Crippen LogP contribution < -0.4 is 19.7 Å². The number of ether oxygens (including phenoxy) is 1. The minimum atomic E-state index is -0.312. The molecule has 8 aromatic heterocycles. The number of rotatable bonds is 16. The first-order chi connectivity index (χ1) is 38.7. The van der Waals surface area contributed by atoms with Crippen molar-refractivity contribution in [3.8, 4) is 39.6 Å². The molecule has 10 aromatic rings. The van der Waals surface area contributed by atoms with E-state index in [0.29, 0.717) is 46.5 Å². The zero-order valence-electron chi connectivity index (χ0n) is 52.9. The van der Waals surface area contributed by atoms with Gasteiger partial charge in [-0.3, -0.25) is 4.57 Å². The van der Waals surface area contributed by atoms with Gasteiger partial charge >= 0.3 is 0 Å². The van der Waals surface area contributed by atoms with Gasteiger partial charge in [-0.15, -0.1) is 28.2 Å². The van der Waals surface area contributed by atoms with Gasteiger partial charge in [-0.2, -0.15) is 16.3 Å². The van der Waals surface area contributed by atoms with Crippen LogP contribution in [0.5, 0.6) is 17.0 Å². The summed E-state index contributed by atoms with van der Waals surface area (Å²) >= 11 is 3.15. The van der Waals surface area contributed by atoms with Crippen LogP contribution in [-0.2, 0) is 108 Å². The number of thiazole rings is 1. The first kappa shape index (κ1) is 75.9. The second-order valence-corrected chi connectivity index (χ2v) is 27.3. The predicted molar refractivity (Wildman–Crippen MR) is 335 cm³/mol. The zero-order chi connectivity index (χ0) is 59.7. The number of benzene rings is 2. The quantitative estimate of drug-likeness (QED) is 0.0909. The molecule has 0 aliphatic heterocycles. The minimum Gasteiger partial charge on any atom is -0.663 e. The molecule has 14 nitrogen and oxygen atoms in total. The SMILES string of the molecule is CC(C)(C)Cc1cc(-n2nccc2CC(C)(C)C)c(O)s1.CCC(C)c1c[n-]c2c(-c3csc(C)n3)cccc12.Cc1nc(C(C)(C)c2nc(CCC(C)C)c[n-]2)co1.Cc1nc(Oc2nc(C(C)C(C)C)c[n-]2)cn1-c1ccccc1.[Pd].[Pt].[Pt].[Pt]. The Labute approximate surface area is 575 Å². The van der Waals surface area contributed by atoms with Crippen molar-refractivity contribution in [1.29, 1.82) is 0 Å². The third-order valence-corrected chi connectivity index (χ3v) is 16.0. The van der Waals surface area contributed by atoms with Crippen LogP contribution in [0.15, 0.2) is 108 Å². The summed E-state index contributed by atoms with van der Waals surface area (Å²) in [5.74, 6) is 4.95. The van der Waals surface area contributed by atoms with Crippen LogP contribution in [-0.4, -0.2) is 44.4 Å². The molecule has 86 heavy (non-hydrogen) atoms. The Morgan fingerprint density at radius 3 is 2.07 bits per heavy atom. The van der Waals surface area contributed by atoms with Gasteiger partial charge < -0.3 is 39.2 Å². The van der Waals surface area contributed by atoms with Crippen molar-refractivity contribution >= 4 is 33.6 Å². The average molecular weight is 1840 g/mol. The van der Waals surface area contributed by atoms with Crippen LogP contribution >= 0.6 is 22.7 Å². The first-order valence-electron chi connectivity index (χ1n) is 28.7. The van der Waals surface area contributed by atoms with Gasteiger partial charge in [0.2, 0.25) is 5.88 Å². The second kappa shape index (κ2) is 33.5. The molecule has 2 atom stereocenters. The average Bonchev–Trinajstić information content (AvgIpc) is 4.10. The van der Waals surface area contributed by atoms with Gasteiger partial charge in [-0.1, -0.05) is 175 Å². The number of aryl methyl sites for hydroxylation is 4. The summed E-state index contributed by atoms with van der Waals surface area (Å²) in [4.78, 5) is 37.1. The molecule has 478 valence electrons. The summed E-state index contributed by atoms with van der Waals surface area (Å²) in [6.45, 7) is 38.7. The van der Waals surface area contributed by atoms with Gasteiger partial charge in [0.05, 0.1) is 22.6 Å². The number of aromatic hydroxyl groups is 1. The Hall–Kier alpha value is -4.31. The van der Waals surface area contributed by atoms with E-state index in [1.807, 2.05) is 91.2 Å². The van der Waals surface area contributed by atoms with Gasteiger partial charge in [0.25, 0.3) is 0 Å². The molecule has 0 aliphatic rings. The molecule has 2 aromatic carbocycles. The molecule has 20 heteroatoms. The van der Waals surface area contributed by atoms with Crippen molar-refractivity contribution < 1.29 is 97.9 Å². The fourth-order valence-corrected chi connectivity index (χ4v) is 10.9. The van der Waals surface area contributed by atoms with E-state index in [9.17, 15) is 5.11 Å². The fraction of sp³-hybridized carbons (Fsp3) is 0.455. The van der Waals surface area contributed by atoms with Crippen molar-refractivity contribution in [2.45, 2.75) is 174 Å². The van der Waals surface area contributed by atoms with Gasteiger partial charge in [0.1, 0.15) is 23.8 Å². The fourth-order valence-electron chi connectivity index (χ4n) is 9.12. The third-order valence-electron chi connectivity index (χ3n) is 14.3. The van der Waals surface area contributed by atoms with E-state index in [-0.39, 0.29) is 99.9 Å². The number of oxazole rings is 1. The van der Waals surface area contributed by atoms with Gasteiger partial charge in [-0.05, 0) is 116 Å². The van der Waals surface area contributed by atoms with Crippen LogP contribution in [0.25, 0.3) is 33.5 Å². The maximum atomic E-state index is 10.3. The monoisotopic (exact) mass is 1840 g/mol. The summed E-state index contributed by atoms with van der Waals surface area (Å²) in [5.41, 5.74) is 10.6. The second-order valence-electron chi connectivity index (χ2n) is 25.1. The van der Waals surface area contributed by atoms with Gasteiger partial charge in [0.15, 0.2) is 11.0 Å². The predicted octanol–water partition coefficient (Wildman–Crippen LogP) is 16.9. The topological polar surface area (TPSA) is 172 Å². The van der Waals surface area contributed by atoms with E-state index in [0.717, 1.165) is 99.7 Å². The summed E-state index contributed by atoms with van der Waals surface area (Å²) in [6, 6.07) is 20.9. The molecule has 0 radical (unpaired) electrons. The molecule has 0 amide bonds. The maximum Gasteiger partial charge on any atom is 0.237 e. The maximum absolute atomic E-state index is 10.3. The van der Waals surface area contributed by atoms with Crippen LogP contribution in [0.3, 0.4) is 0 Å². The number of hydrogen-bond donors (Lipinski definition) is 1. The first-order valence-corrected chi connectivity index (χ1v) is 30.4. The molecular formula is C66H86N11O3PdPt3S2-3. The van der Waals surface area contributed by atoms with Gasteiger partial charge in [0, 0.05) is 124 Å².